The van der Waals surface area contributed by atoms with Gasteiger partial charge in [-0.05, 0) is 13.0 Å². The highest BCUT2D eigenvalue weighted by molar-refractivity contribution is 6.08. The van der Waals surface area contributed by atoms with Crippen molar-refractivity contribution in [2.75, 3.05) is 21.3 Å². The molecule has 80 valence electrons. The van der Waals surface area contributed by atoms with Crippen LogP contribution in [0.2, 0.25) is 6.04 Å². The topological polar surface area (TPSA) is 53.7 Å². The van der Waals surface area contributed by atoms with Gasteiger partial charge in [-0.3, -0.25) is 0 Å². The van der Waals surface area contributed by atoms with Crippen molar-refractivity contribution in [1.82, 2.24) is 0 Å². The summed E-state index contributed by atoms with van der Waals surface area (Å²) in [7, 11) is 5.86. The summed E-state index contributed by atoms with van der Waals surface area (Å²) in [5, 5.41) is 0. The van der Waals surface area contributed by atoms with Gasteiger partial charge < -0.3 is 19.9 Å². The molecule has 0 heterocycles. The number of ether oxygens (including phenoxy) is 3. The van der Waals surface area contributed by atoms with E-state index in [2.05, 4.69) is 0 Å². The molecule has 2 unspecified atom stereocenters. The van der Waals surface area contributed by atoms with E-state index in [0.29, 0.717) is 0 Å². The van der Waals surface area contributed by atoms with Crippen LogP contribution in [-0.4, -0.2) is 49.5 Å². The summed E-state index contributed by atoms with van der Waals surface area (Å²) in [6, 6.07) is 0.709. The first kappa shape index (κ1) is 13.1. The molecule has 0 fully saturated rings. The van der Waals surface area contributed by atoms with E-state index in [-0.39, 0.29) is 12.1 Å². The van der Waals surface area contributed by atoms with E-state index in [0.717, 1.165) is 16.3 Å². The second-order valence-corrected chi connectivity index (χ2v) is 3.87. The average Bonchev–Trinajstić information content (AvgIpc) is 2.13. The fourth-order valence-corrected chi connectivity index (χ4v) is 2.53. The predicted octanol–water partition coefficient (Wildman–Crippen LogP) is -0.879. The third-order valence-corrected chi connectivity index (χ3v) is 3.12. The van der Waals surface area contributed by atoms with Gasteiger partial charge >= 0.3 is 0 Å². The van der Waals surface area contributed by atoms with Crippen LogP contribution in [0.25, 0.3) is 0 Å². The van der Waals surface area contributed by atoms with Crippen LogP contribution < -0.4 is 5.73 Å². The molecule has 0 radical (unpaired) electrons. The Hall–Kier alpha value is 0.0569. The molecule has 0 saturated carbocycles. The summed E-state index contributed by atoms with van der Waals surface area (Å²) in [5.74, 6) is -0.809. The fourth-order valence-electron chi connectivity index (χ4n) is 1.63. The summed E-state index contributed by atoms with van der Waals surface area (Å²) >= 11 is 0. The fraction of sp³-hybridized carbons (Fsp3) is 1.00. The average molecular weight is 207 g/mol. The molecule has 0 aromatic rings. The highest BCUT2D eigenvalue weighted by Crippen LogP contribution is 2.24. The Kier molecular flexibility index (Phi) is 5.74. The smallest absolute Gasteiger partial charge is 0.209 e. The molecule has 13 heavy (non-hydrogen) atoms. The van der Waals surface area contributed by atoms with E-state index in [1.54, 1.807) is 21.3 Å². The first-order chi connectivity index (χ1) is 6.08. The Labute approximate surface area is 83.1 Å². The van der Waals surface area contributed by atoms with Crippen LogP contribution in [0.3, 0.4) is 0 Å². The van der Waals surface area contributed by atoms with Gasteiger partial charge in [-0.25, -0.2) is 0 Å². The van der Waals surface area contributed by atoms with E-state index in [1.165, 1.54) is 0 Å². The van der Waals surface area contributed by atoms with Crippen LogP contribution in [0.15, 0.2) is 0 Å². The van der Waals surface area contributed by atoms with Crippen LogP contribution >= 0.6 is 0 Å². The van der Waals surface area contributed by atoms with Crippen molar-refractivity contribution in [2.45, 2.75) is 30.9 Å². The Morgan fingerprint density at radius 1 is 1.31 bits per heavy atom. The lowest BCUT2D eigenvalue weighted by atomic mass is 10.0. The summed E-state index contributed by atoms with van der Waals surface area (Å²) in [6.07, 6.45) is -0.0887. The Balaban J connectivity index is 4.71. The molecule has 0 aromatic carbocycles. The molecule has 5 heteroatoms. The Morgan fingerprint density at radius 3 is 1.85 bits per heavy atom. The quantitative estimate of drug-likeness (QED) is 0.454. The number of methoxy groups -OCH3 is 3. The van der Waals surface area contributed by atoms with Gasteiger partial charge in [0.1, 0.15) is 6.10 Å². The lowest BCUT2D eigenvalue weighted by molar-refractivity contribution is -0.268. The molecular formula is C8H21NO3Si. The van der Waals surface area contributed by atoms with Crippen molar-refractivity contribution in [3.8, 4) is 0 Å². The molecule has 0 aromatic heterocycles. The van der Waals surface area contributed by atoms with Gasteiger partial charge in [-0.1, -0.05) is 0 Å². The Bertz CT molecular complexity index is 135. The van der Waals surface area contributed by atoms with Gasteiger partial charge in [0.2, 0.25) is 5.79 Å². The van der Waals surface area contributed by atoms with Gasteiger partial charge in [-0.15, -0.1) is 0 Å². The first-order valence-corrected chi connectivity index (χ1v) is 5.89. The molecule has 2 N–H and O–H groups in total. The maximum Gasteiger partial charge on any atom is 0.209 e. The number of rotatable bonds is 6. The molecule has 0 bridgehead atoms. The van der Waals surface area contributed by atoms with Crippen LogP contribution in [0, 0.1) is 0 Å². The van der Waals surface area contributed by atoms with E-state index in [9.17, 15) is 0 Å². The number of hydrogen-bond acceptors (Lipinski definition) is 4. The van der Waals surface area contributed by atoms with E-state index >= 15 is 0 Å². The van der Waals surface area contributed by atoms with Crippen molar-refractivity contribution in [3.05, 3.63) is 0 Å². The summed E-state index contributed by atoms with van der Waals surface area (Å²) < 4.78 is 16.0. The molecule has 0 aliphatic rings. The van der Waals surface area contributed by atoms with Crippen molar-refractivity contribution >= 4 is 10.2 Å². The monoisotopic (exact) mass is 207 g/mol. The van der Waals surface area contributed by atoms with Gasteiger partial charge in [0, 0.05) is 31.6 Å². The maximum atomic E-state index is 5.83. The van der Waals surface area contributed by atoms with Gasteiger partial charge in [0.15, 0.2) is 0 Å². The van der Waals surface area contributed by atoms with Crippen molar-refractivity contribution < 1.29 is 14.2 Å². The van der Waals surface area contributed by atoms with E-state index < -0.39 is 5.79 Å². The zero-order valence-electron chi connectivity index (χ0n) is 9.16. The maximum absolute atomic E-state index is 5.83. The number of nitrogens with two attached hydrogens (primary N) is 1. The molecule has 0 amide bonds. The largest absolute Gasteiger partial charge is 0.376 e. The van der Waals surface area contributed by atoms with E-state index in [1.807, 2.05) is 6.92 Å². The SMILES string of the molecule is COC(C[SiH3])C(OC)(OC)C(C)N. The second-order valence-electron chi connectivity index (χ2n) is 3.05. The molecular weight excluding hydrogens is 186 g/mol. The van der Waals surface area contributed by atoms with Crippen LogP contribution in [0.4, 0.5) is 0 Å². The van der Waals surface area contributed by atoms with Gasteiger partial charge in [-0.2, -0.15) is 0 Å². The molecule has 0 aliphatic heterocycles. The Morgan fingerprint density at radius 2 is 1.77 bits per heavy atom. The minimum absolute atomic E-state index is 0.0887. The number of hydrogen-bond donors (Lipinski definition) is 1. The van der Waals surface area contributed by atoms with Crippen molar-refractivity contribution in [2.24, 2.45) is 5.73 Å². The molecule has 2 atom stereocenters. The van der Waals surface area contributed by atoms with Crippen LogP contribution in [0.5, 0.6) is 0 Å². The summed E-state index contributed by atoms with van der Waals surface area (Å²) in [4.78, 5) is 0. The molecule has 0 rings (SSSR count). The van der Waals surface area contributed by atoms with Crippen LogP contribution in [-0.2, 0) is 14.2 Å². The lowest BCUT2D eigenvalue weighted by Crippen LogP contribution is -2.58. The van der Waals surface area contributed by atoms with E-state index in [4.69, 9.17) is 19.9 Å². The highest BCUT2D eigenvalue weighted by atomic mass is 28.1. The first-order valence-electron chi connectivity index (χ1n) is 4.47. The van der Waals surface area contributed by atoms with Gasteiger partial charge in [0.05, 0.1) is 6.04 Å². The predicted molar refractivity (Wildman–Crippen MR) is 55.9 cm³/mol. The zero-order chi connectivity index (χ0) is 10.5. The van der Waals surface area contributed by atoms with Gasteiger partial charge in [0.25, 0.3) is 0 Å². The minimum Gasteiger partial charge on any atom is -0.376 e. The highest BCUT2D eigenvalue weighted by Gasteiger charge is 2.42. The van der Waals surface area contributed by atoms with Crippen LogP contribution in [0.1, 0.15) is 6.92 Å². The summed E-state index contributed by atoms with van der Waals surface area (Å²) in [5.41, 5.74) is 5.83. The third-order valence-electron chi connectivity index (χ3n) is 2.38. The second kappa shape index (κ2) is 5.72. The normalized spacial score (nSPS) is 17.3. The molecule has 4 nitrogen and oxygen atoms in total. The summed E-state index contributed by atoms with van der Waals surface area (Å²) in [6.45, 7) is 1.86. The minimum atomic E-state index is -0.809. The standard InChI is InChI=1S/C8H21NO3Si/c1-6(9)8(11-3,12-4)7(5-13)10-2/h6-7H,5,9H2,1-4,13H3. The molecule has 0 aliphatic carbocycles. The van der Waals surface area contributed by atoms with Crippen molar-refractivity contribution in [3.63, 3.8) is 0 Å². The van der Waals surface area contributed by atoms with Crippen molar-refractivity contribution in [1.29, 1.82) is 0 Å². The molecule has 0 saturated heterocycles. The molecule has 0 spiro atoms. The third kappa shape index (κ3) is 2.51. The zero-order valence-corrected chi connectivity index (χ0v) is 11.2. The lowest BCUT2D eigenvalue weighted by Gasteiger charge is -2.39.